The molecule has 0 aliphatic carbocycles. The summed E-state index contributed by atoms with van der Waals surface area (Å²) in [5.74, 6) is -1.48. The van der Waals surface area contributed by atoms with Crippen LogP contribution in [0, 0.1) is 6.92 Å². The van der Waals surface area contributed by atoms with Crippen molar-refractivity contribution in [2.45, 2.75) is 26.3 Å². The molecular weight excluding hydrogens is 432 g/mol. The zero-order valence-corrected chi connectivity index (χ0v) is 18.5. The Bertz CT molecular complexity index is 1130. The molecule has 1 N–H and O–H groups in total. The predicted molar refractivity (Wildman–Crippen MR) is 125 cm³/mol. The second kappa shape index (κ2) is 8.64. The smallest absolute Gasteiger partial charge is 0.303 e. The van der Waals surface area contributed by atoms with Crippen LogP contribution >= 0.6 is 24.0 Å². The molecule has 2 aromatic rings. The van der Waals surface area contributed by atoms with Crippen molar-refractivity contribution in [3.05, 3.63) is 70.1 Å². The van der Waals surface area contributed by atoms with Crippen LogP contribution in [0.3, 0.4) is 0 Å². The van der Waals surface area contributed by atoms with Crippen LogP contribution in [0.15, 0.2) is 53.4 Å². The van der Waals surface area contributed by atoms with E-state index in [0.717, 1.165) is 34.1 Å². The third kappa shape index (κ3) is 4.13. The molecule has 1 saturated heterocycles. The maximum Gasteiger partial charge on any atom is 0.303 e. The molecule has 6 nitrogen and oxygen atoms in total. The van der Waals surface area contributed by atoms with Gasteiger partial charge in [0.05, 0.1) is 22.7 Å². The fraction of sp³-hybridized carbons (Fsp3) is 0.217. The highest BCUT2D eigenvalue weighted by molar-refractivity contribution is 8.26. The fourth-order valence-corrected chi connectivity index (χ4v) is 5.10. The summed E-state index contributed by atoms with van der Waals surface area (Å²) in [6, 6.07) is 15.5. The lowest BCUT2D eigenvalue weighted by Crippen LogP contribution is -2.30. The first-order valence-corrected chi connectivity index (χ1v) is 11.1. The van der Waals surface area contributed by atoms with Crippen molar-refractivity contribution >= 4 is 57.3 Å². The van der Waals surface area contributed by atoms with Gasteiger partial charge < -0.3 is 10.0 Å². The normalized spacial score (nSPS) is 18.2. The van der Waals surface area contributed by atoms with Crippen molar-refractivity contribution in [2.75, 3.05) is 11.4 Å². The first kappa shape index (κ1) is 21.3. The minimum absolute atomic E-state index is 0.0468. The van der Waals surface area contributed by atoms with Crippen molar-refractivity contribution < 1.29 is 19.5 Å². The highest BCUT2D eigenvalue weighted by Crippen LogP contribution is 2.45. The summed E-state index contributed by atoms with van der Waals surface area (Å²) in [6.07, 6.45) is 0.253. The summed E-state index contributed by atoms with van der Waals surface area (Å²) >= 11 is 6.48. The van der Waals surface area contributed by atoms with E-state index in [0.29, 0.717) is 27.8 Å². The first-order valence-electron chi connectivity index (χ1n) is 9.83. The Morgan fingerprint density at radius 3 is 2.52 bits per heavy atom. The number of rotatable bonds is 6. The van der Waals surface area contributed by atoms with E-state index in [4.69, 9.17) is 17.3 Å². The van der Waals surface area contributed by atoms with Gasteiger partial charge in [-0.25, -0.2) is 0 Å². The van der Waals surface area contributed by atoms with E-state index in [9.17, 15) is 14.4 Å². The van der Waals surface area contributed by atoms with Gasteiger partial charge >= 0.3 is 5.97 Å². The number of benzene rings is 2. The number of amides is 2. The van der Waals surface area contributed by atoms with Crippen LogP contribution in [0.2, 0.25) is 0 Å². The Morgan fingerprint density at radius 1 is 1.06 bits per heavy atom. The number of hydrogen-bond acceptors (Lipinski definition) is 5. The van der Waals surface area contributed by atoms with Crippen molar-refractivity contribution in [2.24, 2.45) is 0 Å². The van der Waals surface area contributed by atoms with E-state index in [2.05, 4.69) is 0 Å². The third-order valence-corrected chi connectivity index (χ3v) is 6.65. The molecule has 0 aromatic heterocycles. The van der Waals surface area contributed by atoms with Crippen molar-refractivity contribution in [3.63, 3.8) is 0 Å². The van der Waals surface area contributed by atoms with Gasteiger partial charge in [0, 0.05) is 18.5 Å². The Labute approximate surface area is 189 Å². The minimum Gasteiger partial charge on any atom is -0.481 e. The summed E-state index contributed by atoms with van der Waals surface area (Å²) in [4.78, 5) is 40.8. The minimum atomic E-state index is -0.921. The lowest BCUT2D eigenvalue weighted by molar-refractivity contribution is -0.137. The number of hydrogen-bond donors (Lipinski definition) is 1. The van der Waals surface area contributed by atoms with Gasteiger partial charge in [0.25, 0.3) is 11.8 Å². The number of thioether (sulfide) groups is 1. The molecule has 0 radical (unpaired) electrons. The maximum atomic E-state index is 13.5. The number of carboxylic acid groups (broad SMARTS) is 1. The van der Waals surface area contributed by atoms with Gasteiger partial charge in [-0.05, 0) is 31.0 Å². The molecule has 2 aliphatic heterocycles. The quantitative estimate of drug-likeness (QED) is 0.528. The average molecular weight is 453 g/mol. The van der Waals surface area contributed by atoms with Crippen LogP contribution in [0.25, 0.3) is 5.57 Å². The fourth-order valence-electron chi connectivity index (χ4n) is 3.72. The van der Waals surface area contributed by atoms with Gasteiger partial charge in [0.1, 0.15) is 4.32 Å². The summed E-state index contributed by atoms with van der Waals surface area (Å²) in [7, 11) is 0. The van der Waals surface area contributed by atoms with Crippen molar-refractivity contribution in [1.82, 2.24) is 4.90 Å². The molecule has 1 fully saturated rings. The molecule has 0 saturated carbocycles. The summed E-state index contributed by atoms with van der Waals surface area (Å²) in [5, 5.41) is 8.86. The second-order valence-corrected chi connectivity index (χ2v) is 9.07. The molecule has 31 heavy (non-hydrogen) atoms. The molecular formula is C23H20N2O4S2. The van der Waals surface area contributed by atoms with Crippen LogP contribution in [0.4, 0.5) is 5.69 Å². The van der Waals surface area contributed by atoms with Gasteiger partial charge in [-0.3, -0.25) is 19.3 Å². The SMILES string of the molecule is Cc1ccc2c(c1)/C(=C1/SC(=S)N(CCCC(=O)O)C1=O)C(=O)N2Cc1ccccc1. The van der Waals surface area contributed by atoms with E-state index in [-0.39, 0.29) is 24.8 Å². The zero-order valence-electron chi connectivity index (χ0n) is 16.8. The summed E-state index contributed by atoms with van der Waals surface area (Å²) in [6.45, 7) is 2.56. The second-order valence-electron chi connectivity index (χ2n) is 7.42. The summed E-state index contributed by atoms with van der Waals surface area (Å²) < 4.78 is 0.349. The molecule has 0 spiro atoms. The van der Waals surface area contributed by atoms with Crippen LogP contribution in [0.5, 0.6) is 0 Å². The molecule has 2 aromatic carbocycles. The highest BCUT2D eigenvalue weighted by Gasteiger charge is 2.41. The number of carboxylic acids is 1. The third-order valence-electron chi connectivity index (χ3n) is 5.20. The lowest BCUT2D eigenvalue weighted by atomic mass is 10.0. The van der Waals surface area contributed by atoms with E-state index in [1.165, 1.54) is 4.90 Å². The Kier molecular flexibility index (Phi) is 5.93. The molecule has 158 valence electrons. The van der Waals surface area contributed by atoms with Crippen LogP contribution < -0.4 is 4.90 Å². The molecule has 0 unspecified atom stereocenters. The first-order chi connectivity index (χ1) is 14.9. The number of carbonyl (C=O) groups is 3. The number of anilines is 1. The Balaban J connectivity index is 1.71. The molecule has 0 atom stereocenters. The van der Waals surface area contributed by atoms with Crippen LogP contribution in [-0.4, -0.2) is 38.7 Å². The Hall–Kier alpha value is -2.97. The lowest BCUT2D eigenvalue weighted by Gasteiger charge is -2.17. The van der Waals surface area contributed by atoms with Gasteiger partial charge in [-0.2, -0.15) is 0 Å². The number of aryl methyl sites for hydroxylation is 1. The van der Waals surface area contributed by atoms with E-state index in [1.54, 1.807) is 4.90 Å². The molecule has 8 heteroatoms. The van der Waals surface area contributed by atoms with E-state index >= 15 is 0 Å². The maximum absolute atomic E-state index is 13.5. The van der Waals surface area contributed by atoms with Gasteiger partial charge in [0.15, 0.2) is 0 Å². The molecule has 4 rings (SSSR count). The van der Waals surface area contributed by atoms with E-state index < -0.39 is 5.97 Å². The number of aliphatic carboxylic acids is 1. The number of fused-ring (bicyclic) bond motifs is 1. The average Bonchev–Trinajstić information content (AvgIpc) is 3.15. The van der Waals surface area contributed by atoms with Crippen LogP contribution in [-0.2, 0) is 20.9 Å². The van der Waals surface area contributed by atoms with Crippen molar-refractivity contribution in [1.29, 1.82) is 0 Å². The predicted octanol–water partition coefficient (Wildman–Crippen LogP) is 3.98. The molecule has 2 amide bonds. The number of nitrogens with zero attached hydrogens (tertiary/aromatic N) is 2. The highest BCUT2D eigenvalue weighted by atomic mass is 32.2. The molecule has 2 aliphatic rings. The standard InChI is InChI=1S/C23H20N2O4S2/c1-14-9-10-17-16(12-14)19(21(28)25(17)13-15-6-3-2-4-7-15)20-22(29)24(23(30)31-20)11-5-8-18(26)27/h2-4,6-7,9-10,12H,5,8,11,13H2,1H3,(H,26,27)/b20-19-. The van der Waals surface area contributed by atoms with Gasteiger partial charge in [-0.1, -0.05) is 65.9 Å². The van der Waals surface area contributed by atoms with Gasteiger partial charge in [0.2, 0.25) is 0 Å². The number of thiocarbonyl (C=S) groups is 1. The molecule has 2 heterocycles. The Morgan fingerprint density at radius 2 is 1.81 bits per heavy atom. The zero-order chi connectivity index (χ0) is 22.1. The largest absolute Gasteiger partial charge is 0.481 e. The van der Waals surface area contributed by atoms with Crippen molar-refractivity contribution in [3.8, 4) is 0 Å². The van der Waals surface area contributed by atoms with Gasteiger partial charge in [-0.15, -0.1) is 0 Å². The van der Waals surface area contributed by atoms with E-state index in [1.807, 2.05) is 55.5 Å². The topological polar surface area (TPSA) is 77.9 Å². The summed E-state index contributed by atoms with van der Waals surface area (Å²) in [5.41, 5.74) is 3.85. The number of carbonyl (C=O) groups excluding carboxylic acids is 2. The molecule has 0 bridgehead atoms. The monoisotopic (exact) mass is 452 g/mol. The van der Waals surface area contributed by atoms with Crippen LogP contribution in [0.1, 0.15) is 29.5 Å².